The fraction of sp³-hybridized carbons (Fsp3) is 0.250. The van der Waals surface area contributed by atoms with Gasteiger partial charge in [-0.05, 0) is 54.7 Å². The molecule has 6 nitrogen and oxygen atoms in total. The van der Waals surface area contributed by atoms with Gasteiger partial charge in [-0.15, -0.1) is 0 Å². The number of hydrogen-bond acceptors (Lipinski definition) is 5. The first-order valence-electron chi connectivity index (χ1n) is 11.7. The average Bonchev–Trinajstić information content (AvgIpc) is 3.19. The summed E-state index contributed by atoms with van der Waals surface area (Å²) in [7, 11) is 0. The van der Waals surface area contributed by atoms with Crippen LogP contribution in [-0.4, -0.2) is 23.7 Å². The lowest BCUT2D eigenvalue weighted by Gasteiger charge is -2.16. The van der Waals surface area contributed by atoms with Gasteiger partial charge in [0.05, 0.1) is 17.3 Å². The van der Waals surface area contributed by atoms with Crippen molar-refractivity contribution in [2.45, 2.75) is 39.2 Å². The van der Waals surface area contributed by atoms with Crippen LogP contribution in [0.25, 0.3) is 0 Å². The molecule has 4 rings (SSSR count). The highest BCUT2D eigenvalue weighted by Gasteiger charge is 2.35. The van der Waals surface area contributed by atoms with Crippen molar-refractivity contribution in [1.82, 2.24) is 5.43 Å². The Balaban J connectivity index is 0.000000302. The monoisotopic (exact) mass is 458 g/mol. The largest absolute Gasteiger partial charge is 0.399 e. The van der Waals surface area contributed by atoms with Gasteiger partial charge in [-0.1, -0.05) is 68.4 Å². The zero-order chi connectivity index (χ0) is 24.3. The van der Waals surface area contributed by atoms with Crippen LogP contribution in [0.4, 0.5) is 17.1 Å². The smallest absolute Gasteiger partial charge is 0.271 e. The SMILES string of the molecule is CCc1ccccc1N.CCc1ccccc1NC=C1C(=O)N(c2ccccc2)NC1CCO. The third kappa shape index (κ3) is 6.25. The van der Waals surface area contributed by atoms with Gasteiger partial charge in [0.1, 0.15) is 0 Å². The number of benzene rings is 3. The highest BCUT2D eigenvalue weighted by atomic mass is 16.3. The standard InChI is InChI=1S/C20H23N3O2.C8H11N/c1-2-15-8-6-7-11-18(15)21-14-17-19(12-13-24)22-23(20(17)25)16-9-4-3-5-10-16;1-2-7-5-3-4-6-8(7)9/h3-11,14,19,21-22,24H,2,12-13H2,1H3;3-6H,2,9H2,1H3. The molecular weight excluding hydrogens is 424 g/mol. The molecule has 3 aromatic carbocycles. The maximum Gasteiger partial charge on any atom is 0.271 e. The lowest BCUT2D eigenvalue weighted by atomic mass is 10.1. The molecule has 1 saturated heterocycles. The molecule has 0 spiro atoms. The van der Waals surface area contributed by atoms with E-state index < -0.39 is 0 Å². The van der Waals surface area contributed by atoms with E-state index in [1.165, 1.54) is 11.1 Å². The summed E-state index contributed by atoms with van der Waals surface area (Å²) in [5.74, 6) is -0.105. The van der Waals surface area contributed by atoms with Crippen LogP contribution >= 0.6 is 0 Å². The number of nitrogens with one attached hydrogen (secondary N) is 2. The Labute approximate surface area is 202 Å². The van der Waals surface area contributed by atoms with Crippen molar-refractivity contribution in [3.8, 4) is 0 Å². The third-order valence-corrected chi connectivity index (χ3v) is 5.76. The van der Waals surface area contributed by atoms with Gasteiger partial charge in [0.15, 0.2) is 0 Å². The minimum absolute atomic E-state index is 0.0104. The van der Waals surface area contributed by atoms with Crippen molar-refractivity contribution in [1.29, 1.82) is 0 Å². The molecule has 0 saturated carbocycles. The van der Waals surface area contributed by atoms with Crippen LogP contribution in [0.2, 0.25) is 0 Å². The summed E-state index contributed by atoms with van der Waals surface area (Å²) in [6.07, 6.45) is 4.16. The highest BCUT2D eigenvalue weighted by Crippen LogP contribution is 2.25. The van der Waals surface area contributed by atoms with Gasteiger partial charge in [0, 0.05) is 24.2 Å². The van der Waals surface area contributed by atoms with Crippen molar-refractivity contribution in [3.05, 3.63) is 102 Å². The molecular formula is C28H34N4O2. The summed E-state index contributed by atoms with van der Waals surface area (Å²) in [6.45, 7) is 4.21. The number of para-hydroxylation sites is 3. The first kappa shape index (κ1) is 25.0. The fourth-order valence-corrected chi connectivity index (χ4v) is 3.82. The number of hydrazine groups is 1. The molecule has 0 aromatic heterocycles. The van der Waals surface area contributed by atoms with Gasteiger partial charge < -0.3 is 16.2 Å². The molecule has 0 bridgehead atoms. The third-order valence-electron chi connectivity index (χ3n) is 5.76. The van der Waals surface area contributed by atoms with Gasteiger partial charge in [-0.25, -0.2) is 10.4 Å². The topological polar surface area (TPSA) is 90.6 Å². The average molecular weight is 459 g/mol. The zero-order valence-corrected chi connectivity index (χ0v) is 19.9. The van der Waals surface area contributed by atoms with E-state index in [0.29, 0.717) is 12.0 Å². The summed E-state index contributed by atoms with van der Waals surface area (Å²) >= 11 is 0. The van der Waals surface area contributed by atoms with Gasteiger partial charge >= 0.3 is 0 Å². The second kappa shape index (κ2) is 12.6. The van der Waals surface area contributed by atoms with Crippen molar-refractivity contribution in [3.63, 3.8) is 0 Å². The van der Waals surface area contributed by atoms with Crippen LogP contribution in [0.15, 0.2) is 90.6 Å². The number of nitrogen functional groups attached to an aromatic ring is 1. The number of aryl methyl sites for hydroxylation is 2. The normalized spacial score (nSPS) is 16.3. The Morgan fingerprint density at radius 2 is 1.56 bits per heavy atom. The summed E-state index contributed by atoms with van der Waals surface area (Å²) in [6, 6.07) is 25.2. The number of nitrogens with zero attached hydrogens (tertiary/aromatic N) is 1. The van der Waals surface area contributed by atoms with E-state index in [9.17, 15) is 9.90 Å². The molecule has 6 heteroatoms. The zero-order valence-electron chi connectivity index (χ0n) is 19.9. The number of carbonyl (C=O) groups excluding carboxylic acids is 1. The second-order valence-electron chi connectivity index (χ2n) is 7.98. The summed E-state index contributed by atoms with van der Waals surface area (Å²) in [5, 5.41) is 14.1. The molecule has 0 aliphatic carbocycles. The molecule has 5 N–H and O–H groups in total. The fourth-order valence-electron chi connectivity index (χ4n) is 3.82. The Kier molecular flexibility index (Phi) is 9.26. The Morgan fingerprint density at radius 1 is 0.941 bits per heavy atom. The molecule has 1 atom stereocenters. The predicted octanol–water partition coefficient (Wildman–Crippen LogP) is 4.68. The van der Waals surface area contributed by atoms with E-state index in [2.05, 4.69) is 36.7 Å². The number of nitrogens with two attached hydrogens (primary N) is 1. The molecule has 1 amide bonds. The number of anilines is 3. The number of hydrogen-bond donors (Lipinski definition) is 4. The molecule has 3 aromatic rings. The first-order valence-corrected chi connectivity index (χ1v) is 11.7. The number of rotatable bonds is 7. The summed E-state index contributed by atoms with van der Waals surface area (Å²) in [5.41, 5.74) is 14.5. The van der Waals surface area contributed by atoms with Crippen LogP contribution in [0.1, 0.15) is 31.4 Å². The number of carbonyl (C=O) groups is 1. The van der Waals surface area contributed by atoms with Crippen molar-refractivity contribution >= 4 is 23.0 Å². The van der Waals surface area contributed by atoms with E-state index in [4.69, 9.17) is 5.73 Å². The highest BCUT2D eigenvalue weighted by molar-refractivity contribution is 6.08. The maximum atomic E-state index is 12.8. The Hall–Kier alpha value is -3.61. The predicted molar refractivity (Wildman–Crippen MR) is 140 cm³/mol. The van der Waals surface area contributed by atoms with Crippen molar-refractivity contribution < 1.29 is 9.90 Å². The second-order valence-corrected chi connectivity index (χ2v) is 7.98. The van der Waals surface area contributed by atoms with E-state index in [0.717, 1.165) is 29.9 Å². The number of amides is 1. The maximum absolute atomic E-state index is 12.8. The number of aliphatic hydroxyl groups excluding tert-OH is 1. The minimum Gasteiger partial charge on any atom is -0.399 e. The van der Waals surface area contributed by atoms with E-state index in [1.54, 1.807) is 11.2 Å². The van der Waals surface area contributed by atoms with E-state index >= 15 is 0 Å². The van der Waals surface area contributed by atoms with Crippen molar-refractivity contribution in [2.75, 3.05) is 22.7 Å². The summed E-state index contributed by atoms with van der Waals surface area (Å²) < 4.78 is 0. The van der Waals surface area contributed by atoms with Gasteiger partial charge in [0.2, 0.25) is 0 Å². The first-order chi connectivity index (χ1) is 16.6. The quantitative estimate of drug-likeness (QED) is 0.305. The van der Waals surface area contributed by atoms with Crippen LogP contribution in [0, 0.1) is 0 Å². The molecule has 0 radical (unpaired) electrons. The molecule has 1 fully saturated rings. The molecule has 178 valence electrons. The van der Waals surface area contributed by atoms with Crippen LogP contribution in [0.5, 0.6) is 0 Å². The van der Waals surface area contributed by atoms with E-state index in [1.807, 2.05) is 66.7 Å². The Bertz CT molecular complexity index is 1100. The van der Waals surface area contributed by atoms with Crippen LogP contribution in [0.3, 0.4) is 0 Å². The molecule has 34 heavy (non-hydrogen) atoms. The van der Waals surface area contributed by atoms with Crippen LogP contribution < -0.4 is 21.5 Å². The molecule has 1 aliphatic heterocycles. The van der Waals surface area contributed by atoms with Gasteiger partial charge in [-0.3, -0.25) is 4.79 Å². The van der Waals surface area contributed by atoms with Crippen molar-refractivity contribution in [2.24, 2.45) is 0 Å². The number of aliphatic hydroxyl groups is 1. The van der Waals surface area contributed by atoms with E-state index in [-0.39, 0.29) is 18.6 Å². The van der Waals surface area contributed by atoms with Gasteiger partial charge in [-0.2, -0.15) is 0 Å². The van der Waals surface area contributed by atoms with Crippen LogP contribution in [-0.2, 0) is 17.6 Å². The lowest BCUT2D eigenvalue weighted by molar-refractivity contribution is -0.114. The minimum atomic E-state index is -0.223. The molecule has 1 unspecified atom stereocenters. The molecule has 1 heterocycles. The Morgan fingerprint density at radius 3 is 2.18 bits per heavy atom. The summed E-state index contributed by atoms with van der Waals surface area (Å²) in [4.78, 5) is 12.8. The molecule has 1 aliphatic rings. The lowest BCUT2D eigenvalue weighted by Crippen LogP contribution is -2.37. The van der Waals surface area contributed by atoms with Gasteiger partial charge in [0.25, 0.3) is 5.91 Å².